The summed E-state index contributed by atoms with van der Waals surface area (Å²) in [6.45, 7) is 3.41. The Morgan fingerprint density at radius 2 is 1.67 bits per heavy atom. The van der Waals surface area contributed by atoms with Crippen molar-refractivity contribution in [2.45, 2.75) is 18.7 Å². The Morgan fingerprint density at radius 1 is 0.909 bits per heavy atom. The van der Waals surface area contributed by atoms with Crippen molar-refractivity contribution in [1.82, 2.24) is 9.97 Å². The first kappa shape index (κ1) is 22.2. The highest BCUT2D eigenvalue weighted by Gasteiger charge is 2.13. The van der Waals surface area contributed by atoms with Gasteiger partial charge >= 0.3 is 0 Å². The maximum atomic E-state index is 13.0. The summed E-state index contributed by atoms with van der Waals surface area (Å²) in [6.07, 6.45) is 0. The van der Waals surface area contributed by atoms with Gasteiger partial charge in [-0.3, -0.25) is 9.52 Å². The first-order chi connectivity index (χ1) is 16.0. The molecule has 33 heavy (non-hydrogen) atoms. The quantitative estimate of drug-likeness (QED) is 0.390. The summed E-state index contributed by atoms with van der Waals surface area (Å²) in [7, 11) is -1.67. The number of hydrogen-bond donors (Lipinski definition) is 2. The number of amides is 1. The van der Waals surface area contributed by atoms with E-state index < -0.39 is 11.0 Å². The van der Waals surface area contributed by atoms with Crippen LogP contribution in [0, 0.1) is 6.92 Å². The molecule has 0 saturated heterocycles. The zero-order valence-electron chi connectivity index (χ0n) is 18.1. The number of nitrogens with zero attached hydrogens (tertiary/aromatic N) is 2. The number of benzene rings is 3. The molecule has 7 nitrogen and oxygen atoms in total. The lowest BCUT2D eigenvalue weighted by molar-refractivity contribution is -0.114. The van der Waals surface area contributed by atoms with Gasteiger partial charge in [-0.25, -0.2) is 9.19 Å². The zero-order chi connectivity index (χ0) is 23.2. The third-order valence-electron chi connectivity index (χ3n) is 4.64. The number of carbonyl (C=O) groups is 1. The molecule has 1 atom stereocenters. The Bertz CT molecular complexity index is 1310. The Balaban J connectivity index is 1.67. The molecular weight excluding hydrogens is 436 g/mol. The molecule has 4 rings (SSSR count). The van der Waals surface area contributed by atoms with Crippen molar-refractivity contribution in [3.05, 3.63) is 90.5 Å². The summed E-state index contributed by atoms with van der Waals surface area (Å²) in [5.41, 5.74) is 3.15. The number of para-hydroxylation sites is 1. The van der Waals surface area contributed by atoms with E-state index in [0.717, 1.165) is 11.1 Å². The first-order valence-electron chi connectivity index (χ1n) is 10.2. The molecule has 1 amide bonds. The monoisotopic (exact) mass is 458 g/mol. The average Bonchev–Trinajstić information content (AvgIpc) is 2.79. The van der Waals surface area contributed by atoms with Gasteiger partial charge < -0.3 is 10.1 Å². The van der Waals surface area contributed by atoms with Gasteiger partial charge in [-0.1, -0.05) is 48.5 Å². The molecule has 1 aromatic heterocycles. The van der Waals surface area contributed by atoms with Crippen molar-refractivity contribution in [2.75, 3.05) is 10.0 Å². The van der Waals surface area contributed by atoms with Gasteiger partial charge in [-0.2, -0.15) is 4.98 Å². The fraction of sp³-hybridized carbons (Fsp3) is 0.0800. The van der Waals surface area contributed by atoms with Crippen LogP contribution in [0.2, 0.25) is 0 Å². The van der Waals surface area contributed by atoms with Gasteiger partial charge in [-0.05, 0) is 42.8 Å². The molecule has 4 aromatic rings. The number of nitrogens with one attached hydrogen (secondary N) is 2. The molecule has 1 unspecified atom stereocenters. The number of aryl methyl sites for hydroxylation is 1. The lowest BCUT2D eigenvalue weighted by Gasteiger charge is -2.12. The summed E-state index contributed by atoms with van der Waals surface area (Å²) in [6, 6.07) is 25.7. The SMILES string of the molecule is CC(=O)Nc1cccc(S(=O)Nc2nc(Oc3ccccc3)cc(-c3ccccc3C)n2)c1. The molecule has 0 bridgehead atoms. The van der Waals surface area contributed by atoms with E-state index in [-0.39, 0.29) is 11.9 Å². The molecule has 0 fully saturated rings. The van der Waals surface area contributed by atoms with Gasteiger partial charge in [0.05, 0.1) is 10.6 Å². The van der Waals surface area contributed by atoms with Gasteiger partial charge in [0.25, 0.3) is 0 Å². The first-order valence-corrected chi connectivity index (χ1v) is 11.4. The number of hydrogen-bond acceptors (Lipinski definition) is 5. The number of rotatable bonds is 7. The van der Waals surface area contributed by atoms with E-state index in [9.17, 15) is 9.00 Å². The zero-order valence-corrected chi connectivity index (χ0v) is 18.9. The largest absolute Gasteiger partial charge is 0.439 e. The lowest BCUT2D eigenvalue weighted by atomic mass is 10.1. The molecule has 0 aliphatic heterocycles. The molecule has 8 heteroatoms. The Labute approximate surface area is 194 Å². The molecule has 0 saturated carbocycles. The minimum absolute atomic E-state index is 0.157. The smallest absolute Gasteiger partial charge is 0.238 e. The number of carbonyl (C=O) groups excluding carboxylic acids is 1. The van der Waals surface area contributed by atoms with Crippen LogP contribution in [0.5, 0.6) is 11.6 Å². The standard InChI is InChI=1S/C25H22N4O3S/c1-17-9-6-7-14-22(17)23-16-24(32-20-11-4-3-5-12-20)28-25(27-23)29-33(31)21-13-8-10-19(15-21)26-18(2)30/h3-16H,1-2H3,(H,26,30)(H,27,28,29). The molecular formula is C25H22N4O3S. The highest BCUT2D eigenvalue weighted by molar-refractivity contribution is 7.86. The third kappa shape index (κ3) is 5.81. The molecule has 0 spiro atoms. The maximum Gasteiger partial charge on any atom is 0.238 e. The van der Waals surface area contributed by atoms with Crippen molar-refractivity contribution >= 4 is 28.5 Å². The highest BCUT2D eigenvalue weighted by atomic mass is 32.2. The summed E-state index contributed by atoms with van der Waals surface area (Å²) in [4.78, 5) is 20.8. The average molecular weight is 459 g/mol. The molecule has 1 heterocycles. The third-order valence-corrected chi connectivity index (χ3v) is 5.69. The van der Waals surface area contributed by atoms with Crippen molar-refractivity contribution in [3.63, 3.8) is 0 Å². The van der Waals surface area contributed by atoms with Crippen LogP contribution in [0.1, 0.15) is 12.5 Å². The summed E-state index contributed by atoms with van der Waals surface area (Å²) >= 11 is 0. The molecule has 166 valence electrons. The normalized spacial score (nSPS) is 11.5. The predicted octanol–water partition coefficient (Wildman–Crippen LogP) is 5.34. The van der Waals surface area contributed by atoms with Gasteiger partial charge in [0.15, 0.2) is 11.0 Å². The van der Waals surface area contributed by atoms with Crippen LogP contribution in [0.25, 0.3) is 11.3 Å². The minimum atomic E-state index is -1.67. The second-order valence-corrected chi connectivity index (χ2v) is 8.44. The maximum absolute atomic E-state index is 13.0. The number of ether oxygens (including phenoxy) is 1. The van der Waals surface area contributed by atoms with E-state index in [1.165, 1.54) is 6.92 Å². The fourth-order valence-electron chi connectivity index (χ4n) is 3.16. The van der Waals surface area contributed by atoms with E-state index in [4.69, 9.17) is 4.74 Å². The van der Waals surface area contributed by atoms with Crippen molar-refractivity contribution in [1.29, 1.82) is 0 Å². The highest BCUT2D eigenvalue weighted by Crippen LogP contribution is 2.28. The Morgan fingerprint density at radius 3 is 2.42 bits per heavy atom. The van der Waals surface area contributed by atoms with Crippen LogP contribution in [-0.2, 0) is 15.8 Å². The summed E-state index contributed by atoms with van der Waals surface area (Å²) in [5.74, 6) is 0.899. The molecule has 0 radical (unpaired) electrons. The summed E-state index contributed by atoms with van der Waals surface area (Å²) < 4.78 is 21.8. The van der Waals surface area contributed by atoms with E-state index in [1.54, 1.807) is 30.3 Å². The van der Waals surface area contributed by atoms with E-state index in [1.807, 2.05) is 61.5 Å². The molecule has 0 aliphatic rings. The second-order valence-electron chi connectivity index (χ2n) is 7.22. The van der Waals surface area contributed by atoms with Crippen molar-refractivity contribution in [3.8, 4) is 22.9 Å². The van der Waals surface area contributed by atoms with Gasteiger partial charge in [0.2, 0.25) is 17.7 Å². The van der Waals surface area contributed by atoms with E-state index in [2.05, 4.69) is 20.0 Å². The topological polar surface area (TPSA) is 93.2 Å². The van der Waals surface area contributed by atoms with Crippen molar-refractivity contribution < 1.29 is 13.7 Å². The second kappa shape index (κ2) is 10.1. The van der Waals surface area contributed by atoms with Crippen LogP contribution >= 0.6 is 0 Å². The van der Waals surface area contributed by atoms with Crippen molar-refractivity contribution in [2.24, 2.45) is 0 Å². The van der Waals surface area contributed by atoms with Crippen LogP contribution in [0.4, 0.5) is 11.6 Å². The fourth-order valence-corrected chi connectivity index (χ4v) is 3.98. The van der Waals surface area contributed by atoms with Crippen LogP contribution in [0.15, 0.2) is 89.8 Å². The van der Waals surface area contributed by atoms with E-state index >= 15 is 0 Å². The molecule has 0 aliphatic carbocycles. The molecule has 3 aromatic carbocycles. The van der Waals surface area contributed by atoms with Gasteiger partial charge in [-0.15, -0.1) is 0 Å². The summed E-state index contributed by atoms with van der Waals surface area (Å²) in [5, 5.41) is 2.68. The Hall–Kier alpha value is -4.04. The predicted molar refractivity (Wildman–Crippen MR) is 129 cm³/mol. The minimum Gasteiger partial charge on any atom is -0.439 e. The van der Waals surface area contributed by atoms with Gasteiger partial charge in [0.1, 0.15) is 5.75 Å². The molecule has 2 N–H and O–H groups in total. The van der Waals surface area contributed by atoms with Crippen LogP contribution < -0.4 is 14.8 Å². The number of aromatic nitrogens is 2. The van der Waals surface area contributed by atoms with Gasteiger partial charge in [0, 0.05) is 24.2 Å². The number of anilines is 2. The lowest BCUT2D eigenvalue weighted by Crippen LogP contribution is -2.10. The Kier molecular flexibility index (Phi) is 6.75. The van der Waals surface area contributed by atoms with Crippen LogP contribution in [0.3, 0.4) is 0 Å². The van der Waals surface area contributed by atoms with E-state index in [0.29, 0.717) is 27.9 Å². The van der Waals surface area contributed by atoms with Crippen LogP contribution in [-0.4, -0.2) is 20.1 Å².